The average Bonchev–Trinajstić information content (AvgIpc) is 3.48. The van der Waals surface area contributed by atoms with Gasteiger partial charge in [0.25, 0.3) is 0 Å². The third-order valence-electron chi connectivity index (χ3n) is 6.31. The van der Waals surface area contributed by atoms with Gasteiger partial charge in [-0.25, -0.2) is 4.98 Å². The van der Waals surface area contributed by atoms with E-state index in [0.29, 0.717) is 23.3 Å². The topological polar surface area (TPSA) is 88.0 Å². The molecule has 1 aliphatic heterocycles. The van der Waals surface area contributed by atoms with Crippen LogP contribution in [0.2, 0.25) is 0 Å². The van der Waals surface area contributed by atoms with Crippen LogP contribution in [0.4, 0.5) is 11.6 Å². The van der Waals surface area contributed by atoms with Crippen LogP contribution in [0.25, 0.3) is 11.0 Å². The van der Waals surface area contributed by atoms with Gasteiger partial charge in [0.15, 0.2) is 5.65 Å². The first-order chi connectivity index (χ1) is 15.5. The lowest BCUT2D eigenvalue weighted by atomic mass is 9.95. The minimum absolute atomic E-state index is 0.0646. The van der Waals surface area contributed by atoms with E-state index in [4.69, 9.17) is 15.1 Å². The number of benzene rings is 1. The summed E-state index contributed by atoms with van der Waals surface area (Å²) in [5, 5.41) is 12.0. The molecule has 1 fully saturated rings. The van der Waals surface area contributed by atoms with E-state index in [0.717, 1.165) is 53.5 Å². The van der Waals surface area contributed by atoms with E-state index in [9.17, 15) is 4.79 Å². The summed E-state index contributed by atoms with van der Waals surface area (Å²) in [5.41, 5.74) is 3.12. The fourth-order valence-electron chi connectivity index (χ4n) is 4.70. The first-order valence-corrected chi connectivity index (χ1v) is 12.0. The first kappa shape index (κ1) is 21.3. The van der Waals surface area contributed by atoms with Crippen LogP contribution in [0.3, 0.4) is 0 Å². The standard InChI is InChI=1S/C23H28BrN7O/c1-30(2)11-5-10-25-23-27-20(19-16-12-14(24)8-9-18(16)26-22(19)32)17-13-31(29-21(17)28-23)15-6-3-4-7-15/h8-9,12-13,15,19H,3-7,10-11H2,1-2H3,(H,26,32)(H,25,28,29). The molecule has 0 radical (unpaired) electrons. The maximum Gasteiger partial charge on any atom is 0.238 e. The molecule has 1 unspecified atom stereocenters. The number of amides is 1. The molecule has 2 N–H and O–H groups in total. The van der Waals surface area contributed by atoms with Gasteiger partial charge in [-0.05, 0) is 63.7 Å². The zero-order valence-corrected chi connectivity index (χ0v) is 20.0. The summed E-state index contributed by atoms with van der Waals surface area (Å²) >= 11 is 3.55. The van der Waals surface area contributed by atoms with Crippen molar-refractivity contribution in [2.24, 2.45) is 0 Å². The molecule has 3 aromatic rings. The molecule has 0 bridgehead atoms. The Hall–Kier alpha value is -2.52. The van der Waals surface area contributed by atoms with Crippen molar-refractivity contribution in [1.29, 1.82) is 0 Å². The predicted octanol–water partition coefficient (Wildman–Crippen LogP) is 4.15. The van der Waals surface area contributed by atoms with Crippen molar-refractivity contribution in [3.05, 3.63) is 40.1 Å². The van der Waals surface area contributed by atoms with Crippen LogP contribution in [0.15, 0.2) is 28.9 Å². The highest BCUT2D eigenvalue weighted by atomic mass is 79.9. The minimum atomic E-state index is -0.489. The molecule has 0 spiro atoms. The van der Waals surface area contributed by atoms with Crippen molar-refractivity contribution >= 4 is 44.5 Å². The molecule has 168 valence electrons. The molecule has 9 heteroatoms. The van der Waals surface area contributed by atoms with Crippen molar-refractivity contribution in [2.75, 3.05) is 37.8 Å². The average molecular weight is 498 g/mol. The second-order valence-electron chi connectivity index (χ2n) is 8.95. The molecular weight excluding hydrogens is 470 g/mol. The summed E-state index contributed by atoms with van der Waals surface area (Å²) in [6, 6.07) is 6.26. The van der Waals surface area contributed by atoms with E-state index in [2.05, 4.69) is 45.6 Å². The molecule has 1 saturated carbocycles. The van der Waals surface area contributed by atoms with Crippen LogP contribution >= 0.6 is 15.9 Å². The third kappa shape index (κ3) is 4.11. The smallest absolute Gasteiger partial charge is 0.238 e. The largest absolute Gasteiger partial charge is 0.354 e. The molecule has 1 amide bonds. The molecule has 1 aliphatic carbocycles. The van der Waals surface area contributed by atoms with Crippen molar-refractivity contribution in [3.63, 3.8) is 0 Å². The van der Waals surface area contributed by atoms with Crippen LogP contribution < -0.4 is 10.6 Å². The molecule has 1 atom stereocenters. The normalized spacial score (nSPS) is 18.5. The first-order valence-electron chi connectivity index (χ1n) is 11.3. The van der Waals surface area contributed by atoms with Crippen LogP contribution in [-0.2, 0) is 4.79 Å². The van der Waals surface area contributed by atoms with E-state index in [1.165, 1.54) is 12.8 Å². The highest BCUT2D eigenvalue weighted by molar-refractivity contribution is 9.10. The number of nitrogens with one attached hydrogen (secondary N) is 2. The number of carbonyl (C=O) groups is 1. The van der Waals surface area contributed by atoms with Crippen LogP contribution in [0.5, 0.6) is 0 Å². The predicted molar refractivity (Wildman–Crippen MR) is 129 cm³/mol. The molecular formula is C23H28BrN7O. The van der Waals surface area contributed by atoms with E-state index < -0.39 is 5.92 Å². The fourth-order valence-corrected chi connectivity index (χ4v) is 5.08. The van der Waals surface area contributed by atoms with E-state index >= 15 is 0 Å². The van der Waals surface area contributed by atoms with Crippen LogP contribution in [0, 0.1) is 0 Å². The van der Waals surface area contributed by atoms with Crippen molar-refractivity contribution < 1.29 is 4.79 Å². The molecule has 2 aliphatic rings. The minimum Gasteiger partial charge on any atom is -0.354 e. The molecule has 8 nitrogen and oxygen atoms in total. The van der Waals surface area contributed by atoms with Gasteiger partial charge in [0.1, 0.15) is 5.92 Å². The summed E-state index contributed by atoms with van der Waals surface area (Å²) in [4.78, 5) is 24.8. The SMILES string of the molecule is CN(C)CCCNc1nc(C2C(=O)Nc3ccc(Br)cc32)c2cn(C3CCCC3)nc2n1. The Bertz CT molecular complexity index is 1150. The number of carbonyl (C=O) groups excluding carboxylic acids is 1. The number of hydrogen-bond donors (Lipinski definition) is 2. The van der Waals surface area contributed by atoms with Crippen LogP contribution in [0.1, 0.15) is 55.3 Å². The Morgan fingerprint density at radius 1 is 1.25 bits per heavy atom. The lowest BCUT2D eigenvalue weighted by Gasteiger charge is -2.13. The molecule has 5 rings (SSSR count). The highest BCUT2D eigenvalue weighted by Crippen LogP contribution is 2.41. The summed E-state index contributed by atoms with van der Waals surface area (Å²) in [5.74, 6) is -0.0268. The molecule has 3 heterocycles. The summed E-state index contributed by atoms with van der Waals surface area (Å²) in [7, 11) is 4.12. The number of nitrogens with zero attached hydrogens (tertiary/aromatic N) is 5. The Balaban J connectivity index is 1.56. The van der Waals surface area contributed by atoms with Crippen molar-refractivity contribution in [3.8, 4) is 0 Å². The number of anilines is 2. The zero-order valence-electron chi connectivity index (χ0n) is 18.4. The van der Waals surface area contributed by atoms with Gasteiger partial charge in [-0.15, -0.1) is 0 Å². The molecule has 2 aromatic heterocycles. The van der Waals surface area contributed by atoms with Gasteiger partial charge < -0.3 is 15.5 Å². The Kier molecular flexibility index (Phi) is 5.86. The van der Waals surface area contributed by atoms with Crippen molar-refractivity contribution in [2.45, 2.75) is 44.1 Å². The lowest BCUT2D eigenvalue weighted by molar-refractivity contribution is -0.116. The number of fused-ring (bicyclic) bond motifs is 2. The maximum absolute atomic E-state index is 13.1. The second-order valence-corrected chi connectivity index (χ2v) is 9.87. The molecule has 1 aromatic carbocycles. The quantitative estimate of drug-likeness (QED) is 0.476. The number of rotatable bonds is 7. The Morgan fingerprint density at radius 2 is 2.06 bits per heavy atom. The van der Waals surface area contributed by atoms with Gasteiger partial charge in [-0.2, -0.15) is 10.1 Å². The van der Waals surface area contributed by atoms with Gasteiger partial charge in [-0.3, -0.25) is 9.48 Å². The number of halogens is 1. The van der Waals surface area contributed by atoms with Gasteiger partial charge in [0.2, 0.25) is 11.9 Å². The van der Waals surface area contributed by atoms with Gasteiger partial charge in [0, 0.05) is 22.9 Å². The molecule has 0 saturated heterocycles. The third-order valence-corrected chi connectivity index (χ3v) is 6.80. The zero-order chi connectivity index (χ0) is 22.2. The van der Waals surface area contributed by atoms with Gasteiger partial charge >= 0.3 is 0 Å². The van der Waals surface area contributed by atoms with E-state index in [1.54, 1.807) is 0 Å². The maximum atomic E-state index is 13.1. The Morgan fingerprint density at radius 3 is 2.84 bits per heavy atom. The summed E-state index contributed by atoms with van der Waals surface area (Å²) in [6.07, 6.45) is 7.73. The van der Waals surface area contributed by atoms with Gasteiger partial charge in [-0.1, -0.05) is 28.8 Å². The summed E-state index contributed by atoms with van der Waals surface area (Å²) in [6.45, 7) is 1.73. The van der Waals surface area contributed by atoms with Gasteiger partial charge in [0.05, 0.1) is 17.1 Å². The Labute approximate surface area is 195 Å². The number of aromatic nitrogens is 4. The summed E-state index contributed by atoms with van der Waals surface area (Å²) < 4.78 is 2.98. The van der Waals surface area contributed by atoms with E-state index in [-0.39, 0.29) is 5.91 Å². The van der Waals surface area contributed by atoms with E-state index in [1.807, 2.05) is 29.1 Å². The lowest BCUT2D eigenvalue weighted by Crippen LogP contribution is -2.18. The van der Waals surface area contributed by atoms with Crippen LogP contribution in [-0.4, -0.2) is 57.7 Å². The monoisotopic (exact) mass is 497 g/mol. The highest BCUT2D eigenvalue weighted by Gasteiger charge is 2.36. The second kappa shape index (κ2) is 8.78. The fraction of sp³-hybridized carbons (Fsp3) is 0.478. The number of hydrogen-bond acceptors (Lipinski definition) is 6. The molecule has 32 heavy (non-hydrogen) atoms. The van der Waals surface area contributed by atoms with Crippen molar-refractivity contribution in [1.82, 2.24) is 24.6 Å².